The molecule has 2 heterocycles. The number of aliphatic imine (C=N–C) groups is 1. The lowest BCUT2D eigenvalue weighted by molar-refractivity contribution is 0.415. The lowest BCUT2D eigenvalue weighted by atomic mass is 9.92. The summed E-state index contributed by atoms with van der Waals surface area (Å²) < 4.78 is 7.06. The fourth-order valence-electron chi connectivity index (χ4n) is 3.33. The van der Waals surface area contributed by atoms with Crippen LogP contribution in [0.4, 0.5) is 0 Å². The van der Waals surface area contributed by atoms with E-state index in [9.17, 15) is 4.79 Å². The van der Waals surface area contributed by atoms with E-state index in [4.69, 9.17) is 9.73 Å². The minimum atomic E-state index is -0.0206. The molecule has 4 rings (SSSR count). The predicted octanol–water partition coefficient (Wildman–Crippen LogP) is 3.72. The van der Waals surface area contributed by atoms with Crippen molar-refractivity contribution in [3.8, 4) is 16.9 Å². The lowest BCUT2D eigenvalue weighted by Crippen LogP contribution is -2.16. The van der Waals surface area contributed by atoms with Gasteiger partial charge in [0.2, 0.25) is 0 Å². The van der Waals surface area contributed by atoms with Gasteiger partial charge < -0.3 is 9.30 Å². The van der Waals surface area contributed by atoms with Crippen molar-refractivity contribution in [3.63, 3.8) is 0 Å². The van der Waals surface area contributed by atoms with Gasteiger partial charge in [-0.05, 0) is 36.2 Å². The number of aromatic nitrogens is 1. The van der Waals surface area contributed by atoms with Crippen LogP contribution in [0.15, 0.2) is 64.5 Å². The van der Waals surface area contributed by atoms with Gasteiger partial charge in [0, 0.05) is 36.0 Å². The van der Waals surface area contributed by atoms with E-state index in [1.54, 1.807) is 24.8 Å². The van der Waals surface area contributed by atoms with Crippen LogP contribution >= 0.6 is 0 Å². The molecule has 1 aromatic heterocycles. The lowest BCUT2D eigenvalue weighted by Gasteiger charge is -2.14. The molecule has 4 nitrogen and oxygen atoms in total. The van der Waals surface area contributed by atoms with Crippen molar-refractivity contribution in [1.29, 1.82) is 0 Å². The van der Waals surface area contributed by atoms with Gasteiger partial charge in [0.25, 0.3) is 5.56 Å². The number of hydrogen-bond acceptors (Lipinski definition) is 3. The number of pyridine rings is 1. The summed E-state index contributed by atoms with van der Waals surface area (Å²) >= 11 is 0. The summed E-state index contributed by atoms with van der Waals surface area (Å²) in [4.78, 5) is 17.0. The first-order chi connectivity index (χ1) is 12.6. The summed E-state index contributed by atoms with van der Waals surface area (Å²) in [7, 11) is 3.44. The molecule has 1 aliphatic rings. The maximum Gasteiger partial charge on any atom is 0.250 e. The van der Waals surface area contributed by atoms with Gasteiger partial charge in [-0.15, -0.1) is 0 Å². The molecule has 130 valence electrons. The van der Waals surface area contributed by atoms with Crippen LogP contribution in [0, 0.1) is 6.92 Å². The molecule has 0 atom stereocenters. The Morgan fingerprint density at radius 2 is 1.77 bits per heavy atom. The number of methoxy groups -OCH3 is 1. The third kappa shape index (κ3) is 2.73. The number of ether oxygens (including phenoxy) is 1. The van der Waals surface area contributed by atoms with E-state index >= 15 is 0 Å². The van der Waals surface area contributed by atoms with Gasteiger partial charge in [0.1, 0.15) is 5.75 Å². The largest absolute Gasteiger partial charge is 0.497 e. The summed E-state index contributed by atoms with van der Waals surface area (Å²) in [6.07, 6.45) is 1.90. The predicted molar refractivity (Wildman–Crippen MR) is 104 cm³/mol. The molecule has 0 radical (unpaired) electrons. The summed E-state index contributed by atoms with van der Waals surface area (Å²) in [5, 5.41) is 0. The van der Waals surface area contributed by atoms with E-state index in [0.717, 1.165) is 39.3 Å². The summed E-state index contributed by atoms with van der Waals surface area (Å²) in [6, 6.07) is 16.1. The summed E-state index contributed by atoms with van der Waals surface area (Å²) in [5.41, 5.74) is 7.24. The fraction of sp³-hybridized carbons (Fsp3) is 0.182. The van der Waals surface area contributed by atoms with Gasteiger partial charge in [-0.1, -0.05) is 29.8 Å². The monoisotopic (exact) mass is 344 g/mol. The quantitative estimate of drug-likeness (QED) is 0.711. The molecule has 0 unspecified atom stereocenters. The minimum absolute atomic E-state index is 0.0206. The zero-order chi connectivity index (χ0) is 18.3. The average Bonchev–Trinajstić information content (AvgIpc) is 2.79. The highest BCUT2D eigenvalue weighted by molar-refractivity contribution is 6.17. The Morgan fingerprint density at radius 1 is 1.00 bits per heavy atom. The zero-order valence-electron chi connectivity index (χ0n) is 15.1. The first kappa shape index (κ1) is 16.3. The number of fused-ring (bicyclic) bond motifs is 3. The standard InChI is InChI=1S/C22H20N2O2/c1-14-4-6-15(7-5-14)22-19-11-17(26-3)8-9-18(19)20-13-24(2)21(25)10-16(20)12-23-22/h4-11,13H,12H2,1-3H3. The van der Waals surface area contributed by atoms with Crippen LogP contribution in [0.1, 0.15) is 22.3 Å². The number of benzene rings is 2. The minimum Gasteiger partial charge on any atom is -0.497 e. The average molecular weight is 344 g/mol. The molecule has 1 aliphatic heterocycles. The maximum absolute atomic E-state index is 12.1. The molecule has 0 bridgehead atoms. The molecular formula is C22H20N2O2. The molecule has 0 amide bonds. The normalized spacial score (nSPS) is 12.7. The Kier molecular flexibility index (Phi) is 3.96. The Labute approximate surface area is 152 Å². The summed E-state index contributed by atoms with van der Waals surface area (Å²) in [6.45, 7) is 2.55. The van der Waals surface area contributed by atoms with Crippen LogP contribution in [0.25, 0.3) is 11.1 Å². The van der Waals surface area contributed by atoms with Gasteiger partial charge in [-0.25, -0.2) is 0 Å². The second-order valence-corrected chi connectivity index (χ2v) is 6.60. The first-order valence-corrected chi connectivity index (χ1v) is 8.56. The molecule has 0 N–H and O–H groups in total. The van der Waals surface area contributed by atoms with Crippen molar-refractivity contribution >= 4 is 5.71 Å². The second kappa shape index (κ2) is 6.30. The zero-order valence-corrected chi connectivity index (χ0v) is 15.1. The molecule has 0 spiro atoms. The van der Waals surface area contributed by atoms with Crippen molar-refractivity contribution in [2.45, 2.75) is 13.5 Å². The number of aryl methyl sites for hydroxylation is 2. The van der Waals surface area contributed by atoms with Crippen LogP contribution in [0.3, 0.4) is 0 Å². The molecule has 0 aliphatic carbocycles. The molecule has 2 aromatic carbocycles. The van der Waals surface area contributed by atoms with E-state index in [1.165, 1.54) is 5.56 Å². The number of nitrogens with zero attached hydrogens (tertiary/aromatic N) is 2. The van der Waals surface area contributed by atoms with E-state index in [-0.39, 0.29) is 5.56 Å². The smallest absolute Gasteiger partial charge is 0.250 e. The van der Waals surface area contributed by atoms with E-state index in [2.05, 4.69) is 31.2 Å². The van der Waals surface area contributed by atoms with E-state index < -0.39 is 0 Å². The highest BCUT2D eigenvalue weighted by Crippen LogP contribution is 2.34. The second-order valence-electron chi connectivity index (χ2n) is 6.60. The Morgan fingerprint density at radius 3 is 2.50 bits per heavy atom. The molecule has 26 heavy (non-hydrogen) atoms. The Balaban J connectivity index is 2.00. The van der Waals surface area contributed by atoms with Crippen molar-refractivity contribution < 1.29 is 4.74 Å². The third-order valence-electron chi connectivity index (χ3n) is 4.82. The maximum atomic E-state index is 12.1. The van der Waals surface area contributed by atoms with Crippen LogP contribution < -0.4 is 10.3 Å². The van der Waals surface area contributed by atoms with Crippen molar-refractivity contribution in [2.24, 2.45) is 12.0 Å². The van der Waals surface area contributed by atoms with Gasteiger partial charge in [-0.3, -0.25) is 9.79 Å². The molecule has 3 aromatic rings. The highest BCUT2D eigenvalue weighted by atomic mass is 16.5. The molecule has 4 heteroatoms. The van der Waals surface area contributed by atoms with E-state index in [1.807, 2.05) is 24.4 Å². The third-order valence-corrected chi connectivity index (χ3v) is 4.82. The van der Waals surface area contributed by atoms with E-state index in [0.29, 0.717) is 6.54 Å². The van der Waals surface area contributed by atoms with Crippen LogP contribution in [-0.4, -0.2) is 17.4 Å². The van der Waals surface area contributed by atoms with Gasteiger partial charge in [0.15, 0.2) is 0 Å². The van der Waals surface area contributed by atoms with Crippen LogP contribution in [-0.2, 0) is 13.6 Å². The van der Waals surface area contributed by atoms with Crippen LogP contribution in [0.2, 0.25) is 0 Å². The van der Waals surface area contributed by atoms with Crippen molar-refractivity contribution in [1.82, 2.24) is 4.57 Å². The SMILES string of the molecule is COc1ccc2c(c1)C(c1ccc(C)cc1)=NCc1cc(=O)n(C)cc1-2. The Bertz CT molecular complexity index is 1080. The van der Waals surface area contributed by atoms with Gasteiger partial charge >= 0.3 is 0 Å². The highest BCUT2D eigenvalue weighted by Gasteiger charge is 2.20. The Hall–Kier alpha value is -3.14. The topological polar surface area (TPSA) is 43.6 Å². The van der Waals surface area contributed by atoms with Crippen molar-refractivity contribution in [3.05, 3.63) is 87.3 Å². The number of hydrogen-bond donors (Lipinski definition) is 0. The first-order valence-electron chi connectivity index (χ1n) is 8.56. The molecule has 0 saturated carbocycles. The van der Waals surface area contributed by atoms with Crippen molar-refractivity contribution in [2.75, 3.05) is 7.11 Å². The van der Waals surface area contributed by atoms with Crippen LogP contribution in [0.5, 0.6) is 5.75 Å². The fourth-order valence-corrected chi connectivity index (χ4v) is 3.33. The molecular weight excluding hydrogens is 324 g/mol. The number of rotatable bonds is 2. The molecule has 0 saturated heterocycles. The van der Waals surface area contributed by atoms with Gasteiger partial charge in [0.05, 0.1) is 19.4 Å². The summed E-state index contributed by atoms with van der Waals surface area (Å²) in [5.74, 6) is 0.789. The van der Waals surface area contributed by atoms with Gasteiger partial charge in [-0.2, -0.15) is 0 Å². The molecule has 0 fully saturated rings.